The monoisotopic (exact) mass is 412 g/mol. The van der Waals surface area contributed by atoms with Gasteiger partial charge in [-0.3, -0.25) is 9.59 Å². The number of carbonyl (C=O) groups excluding carboxylic acids is 2. The highest BCUT2D eigenvalue weighted by Gasteiger charge is 2.17. The zero-order chi connectivity index (χ0) is 20.8. The Labute approximate surface area is 171 Å². The van der Waals surface area contributed by atoms with Crippen LogP contribution in [-0.2, 0) is 6.54 Å². The normalized spacial score (nSPS) is 10.3. The first-order chi connectivity index (χ1) is 14.0. The van der Waals surface area contributed by atoms with Gasteiger partial charge in [0.05, 0.1) is 14.2 Å². The number of ether oxygens (including phenoxy) is 2. The number of anilines is 1. The van der Waals surface area contributed by atoms with Crippen molar-refractivity contribution in [3.8, 4) is 11.5 Å². The van der Waals surface area contributed by atoms with Crippen LogP contribution in [0.2, 0.25) is 0 Å². The predicted octanol–water partition coefficient (Wildman–Crippen LogP) is 3.05. The molecule has 8 nitrogen and oxygen atoms in total. The molecule has 1 heterocycles. The fourth-order valence-corrected chi connectivity index (χ4v) is 3.13. The molecule has 0 saturated heterocycles. The number of amides is 2. The summed E-state index contributed by atoms with van der Waals surface area (Å²) >= 11 is 0.929. The number of methoxy groups -OCH3 is 2. The van der Waals surface area contributed by atoms with Crippen LogP contribution >= 0.6 is 11.3 Å². The Morgan fingerprint density at radius 3 is 2.24 bits per heavy atom. The Bertz CT molecular complexity index is 1020. The molecule has 0 unspecified atom stereocenters. The molecular weight excluding hydrogens is 392 g/mol. The smallest absolute Gasteiger partial charge is 0.286 e. The zero-order valence-corrected chi connectivity index (χ0v) is 17.0. The van der Waals surface area contributed by atoms with Gasteiger partial charge >= 0.3 is 0 Å². The lowest BCUT2D eigenvalue weighted by atomic mass is 10.2. The standard InChI is InChI=1S/C20H20N4O4S/c1-12-4-7-14(8-5-12)22-18(26)20-24-23-19(29-20)17(25)21-11-13-6-9-15(27-2)16(10-13)28-3/h4-10H,11H2,1-3H3,(H,21,25)(H,22,26). The van der Waals surface area contributed by atoms with Crippen LogP contribution in [0.1, 0.15) is 30.7 Å². The molecule has 3 rings (SSSR count). The van der Waals surface area contributed by atoms with Crippen LogP contribution in [0.4, 0.5) is 5.69 Å². The number of nitrogens with one attached hydrogen (secondary N) is 2. The number of aryl methyl sites for hydroxylation is 1. The van der Waals surface area contributed by atoms with Crippen LogP contribution in [0, 0.1) is 6.92 Å². The van der Waals surface area contributed by atoms with Crippen LogP contribution in [-0.4, -0.2) is 36.2 Å². The lowest BCUT2D eigenvalue weighted by molar-refractivity contribution is 0.0948. The van der Waals surface area contributed by atoms with E-state index in [0.29, 0.717) is 17.2 Å². The largest absolute Gasteiger partial charge is 0.493 e. The summed E-state index contributed by atoms with van der Waals surface area (Å²) in [6, 6.07) is 12.7. The Morgan fingerprint density at radius 1 is 0.931 bits per heavy atom. The summed E-state index contributed by atoms with van der Waals surface area (Å²) in [5, 5.41) is 13.3. The zero-order valence-electron chi connectivity index (χ0n) is 16.2. The predicted molar refractivity (Wildman–Crippen MR) is 110 cm³/mol. The lowest BCUT2D eigenvalue weighted by Crippen LogP contribution is -2.22. The van der Waals surface area contributed by atoms with Gasteiger partial charge in [0.1, 0.15) is 0 Å². The van der Waals surface area contributed by atoms with Crippen molar-refractivity contribution < 1.29 is 19.1 Å². The first kappa shape index (κ1) is 20.3. The second-order valence-corrected chi connectivity index (χ2v) is 7.08. The van der Waals surface area contributed by atoms with Crippen molar-refractivity contribution in [1.29, 1.82) is 0 Å². The number of hydrogen-bond donors (Lipinski definition) is 2. The molecule has 0 aliphatic heterocycles. The van der Waals surface area contributed by atoms with Gasteiger partial charge in [0, 0.05) is 12.2 Å². The van der Waals surface area contributed by atoms with Crippen molar-refractivity contribution in [2.45, 2.75) is 13.5 Å². The fourth-order valence-electron chi connectivity index (χ4n) is 2.48. The first-order valence-electron chi connectivity index (χ1n) is 8.70. The molecule has 3 aromatic rings. The summed E-state index contributed by atoms with van der Waals surface area (Å²) in [4.78, 5) is 24.6. The van der Waals surface area contributed by atoms with E-state index in [1.54, 1.807) is 38.5 Å². The molecule has 0 saturated carbocycles. The van der Waals surface area contributed by atoms with E-state index in [1.807, 2.05) is 25.1 Å². The summed E-state index contributed by atoms with van der Waals surface area (Å²) in [5.74, 6) is 0.359. The van der Waals surface area contributed by atoms with E-state index in [2.05, 4.69) is 20.8 Å². The third kappa shape index (κ3) is 5.08. The number of aromatic nitrogens is 2. The summed E-state index contributed by atoms with van der Waals surface area (Å²) < 4.78 is 10.4. The van der Waals surface area contributed by atoms with Crippen LogP contribution < -0.4 is 20.1 Å². The maximum absolute atomic E-state index is 12.3. The van der Waals surface area contributed by atoms with E-state index < -0.39 is 11.8 Å². The summed E-state index contributed by atoms with van der Waals surface area (Å²) in [5.41, 5.74) is 2.57. The molecule has 1 aromatic heterocycles. The number of carbonyl (C=O) groups is 2. The highest BCUT2D eigenvalue weighted by molar-refractivity contribution is 7.15. The van der Waals surface area contributed by atoms with Gasteiger partial charge in [-0.15, -0.1) is 10.2 Å². The van der Waals surface area contributed by atoms with Gasteiger partial charge in [0.15, 0.2) is 11.5 Å². The van der Waals surface area contributed by atoms with E-state index in [4.69, 9.17) is 9.47 Å². The van der Waals surface area contributed by atoms with E-state index in [-0.39, 0.29) is 16.6 Å². The van der Waals surface area contributed by atoms with Crippen molar-refractivity contribution in [3.63, 3.8) is 0 Å². The molecule has 0 bridgehead atoms. The minimum absolute atomic E-state index is 0.111. The van der Waals surface area contributed by atoms with Crippen molar-refractivity contribution >= 4 is 28.8 Å². The molecule has 0 aliphatic carbocycles. The van der Waals surface area contributed by atoms with Gasteiger partial charge in [0.2, 0.25) is 10.0 Å². The van der Waals surface area contributed by atoms with Gasteiger partial charge in [-0.2, -0.15) is 0 Å². The molecule has 0 atom stereocenters. The van der Waals surface area contributed by atoms with Gasteiger partial charge in [-0.25, -0.2) is 0 Å². The molecule has 2 amide bonds. The highest BCUT2D eigenvalue weighted by Crippen LogP contribution is 2.27. The fraction of sp³-hybridized carbons (Fsp3) is 0.200. The van der Waals surface area contributed by atoms with Crippen LogP contribution in [0.3, 0.4) is 0 Å². The minimum atomic E-state index is -0.412. The molecule has 0 aliphatic rings. The van der Waals surface area contributed by atoms with Crippen LogP contribution in [0.5, 0.6) is 11.5 Å². The highest BCUT2D eigenvalue weighted by atomic mass is 32.1. The van der Waals surface area contributed by atoms with Gasteiger partial charge in [-0.05, 0) is 36.8 Å². The van der Waals surface area contributed by atoms with Crippen molar-refractivity contribution in [2.75, 3.05) is 19.5 Å². The number of hydrogen-bond acceptors (Lipinski definition) is 7. The number of nitrogens with zero attached hydrogens (tertiary/aromatic N) is 2. The topological polar surface area (TPSA) is 102 Å². The summed E-state index contributed by atoms with van der Waals surface area (Å²) in [6.07, 6.45) is 0. The quantitative estimate of drug-likeness (QED) is 0.618. The maximum Gasteiger partial charge on any atom is 0.286 e. The number of rotatable bonds is 7. The molecule has 2 aromatic carbocycles. The Hall–Kier alpha value is -3.46. The van der Waals surface area contributed by atoms with Crippen molar-refractivity contribution in [3.05, 3.63) is 63.6 Å². The Kier molecular flexibility index (Phi) is 6.40. The third-order valence-electron chi connectivity index (χ3n) is 4.02. The van der Waals surface area contributed by atoms with Gasteiger partial charge < -0.3 is 20.1 Å². The van der Waals surface area contributed by atoms with Crippen LogP contribution in [0.15, 0.2) is 42.5 Å². The van der Waals surface area contributed by atoms with E-state index in [0.717, 1.165) is 22.5 Å². The van der Waals surface area contributed by atoms with Crippen LogP contribution in [0.25, 0.3) is 0 Å². The molecule has 29 heavy (non-hydrogen) atoms. The van der Waals surface area contributed by atoms with E-state index in [1.165, 1.54) is 0 Å². The molecule has 0 radical (unpaired) electrons. The van der Waals surface area contributed by atoms with Gasteiger partial charge in [-0.1, -0.05) is 35.1 Å². The second-order valence-electron chi connectivity index (χ2n) is 6.10. The Balaban J connectivity index is 1.60. The number of benzene rings is 2. The maximum atomic E-state index is 12.3. The average Bonchev–Trinajstić information content (AvgIpc) is 3.24. The van der Waals surface area contributed by atoms with Crippen molar-refractivity contribution in [1.82, 2.24) is 15.5 Å². The molecule has 2 N–H and O–H groups in total. The second kappa shape index (κ2) is 9.16. The van der Waals surface area contributed by atoms with E-state index >= 15 is 0 Å². The van der Waals surface area contributed by atoms with Gasteiger partial charge in [0.25, 0.3) is 11.8 Å². The minimum Gasteiger partial charge on any atom is -0.493 e. The average molecular weight is 412 g/mol. The third-order valence-corrected chi connectivity index (χ3v) is 4.94. The molecule has 150 valence electrons. The summed E-state index contributed by atoms with van der Waals surface area (Å²) in [7, 11) is 3.10. The molecule has 0 spiro atoms. The summed E-state index contributed by atoms with van der Waals surface area (Å²) in [6.45, 7) is 2.23. The molecule has 0 fully saturated rings. The SMILES string of the molecule is COc1ccc(CNC(=O)c2nnc(C(=O)Nc3ccc(C)cc3)s2)cc1OC. The molecular formula is C20H20N4O4S. The lowest BCUT2D eigenvalue weighted by Gasteiger charge is -2.09. The van der Waals surface area contributed by atoms with E-state index in [9.17, 15) is 9.59 Å². The first-order valence-corrected chi connectivity index (χ1v) is 9.52. The van der Waals surface area contributed by atoms with Crippen molar-refractivity contribution in [2.24, 2.45) is 0 Å². The molecule has 9 heteroatoms. The Morgan fingerprint density at radius 2 is 1.59 bits per heavy atom.